The van der Waals surface area contributed by atoms with Crippen LogP contribution in [0.2, 0.25) is 5.02 Å². The van der Waals surface area contributed by atoms with Crippen LogP contribution in [0.5, 0.6) is 5.75 Å². The van der Waals surface area contributed by atoms with Gasteiger partial charge in [0.15, 0.2) is 5.43 Å². The second-order valence-corrected chi connectivity index (χ2v) is 8.94. The van der Waals surface area contributed by atoms with Gasteiger partial charge in [-0.1, -0.05) is 57.4 Å². The van der Waals surface area contributed by atoms with Crippen molar-refractivity contribution >= 4 is 50.1 Å². The van der Waals surface area contributed by atoms with Gasteiger partial charge in [-0.25, -0.2) is 0 Å². The molecule has 1 aliphatic heterocycles. The van der Waals surface area contributed by atoms with Gasteiger partial charge in [0, 0.05) is 10.2 Å². The summed E-state index contributed by atoms with van der Waals surface area (Å²) in [4.78, 5) is 28.7. The van der Waals surface area contributed by atoms with Crippen LogP contribution >= 0.6 is 27.5 Å². The SMILES string of the molecule is COc1ccc(N2C(=O)c3oc4ccc(Br)cc4c(=O)c3C2c2ccc(C)cc2)cc1Cl. The molecular weight excluding hydrogens is 494 g/mol. The summed E-state index contributed by atoms with van der Waals surface area (Å²) in [5.74, 6) is 0.146. The molecule has 0 aliphatic carbocycles. The average Bonchev–Trinajstić information content (AvgIpc) is 3.07. The molecular formula is C25H17BrClNO4. The van der Waals surface area contributed by atoms with Gasteiger partial charge in [0.2, 0.25) is 5.76 Å². The highest BCUT2D eigenvalue weighted by Crippen LogP contribution is 2.43. The molecule has 32 heavy (non-hydrogen) atoms. The molecule has 0 saturated carbocycles. The maximum absolute atomic E-state index is 13.6. The molecule has 0 spiro atoms. The number of rotatable bonds is 3. The number of aryl methyl sites for hydroxylation is 1. The Labute approximate surface area is 197 Å². The fourth-order valence-electron chi connectivity index (χ4n) is 4.08. The van der Waals surface area contributed by atoms with E-state index in [4.69, 9.17) is 20.8 Å². The van der Waals surface area contributed by atoms with Crippen molar-refractivity contribution in [1.82, 2.24) is 0 Å². The number of amides is 1. The number of halogens is 2. The quantitative estimate of drug-likeness (QED) is 0.326. The lowest BCUT2D eigenvalue weighted by Crippen LogP contribution is -2.29. The van der Waals surface area contributed by atoms with Crippen molar-refractivity contribution in [3.8, 4) is 5.75 Å². The first-order chi connectivity index (χ1) is 15.4. The summed E-state index contributed by atoms with van der Waals surface area (Å²) in [6.45, 7) is 1.98. The van der Waals surface area contributed by atoms with Gasteiger partial charge < -0.3 is 9.15 Å². The molecule has 3 aromatic carbocycles. The maximum Gasteiger partial charge on any atom is 0.295 e. The van der Waals surface area contributed by atoms with E-state index < -0.39 is 11.9 Å². The number of fused-ring (bicyclic) bond motifs is 2. The summed E-state index contributed by atoms with van der Waals surface area (Å²) >= 11 is 9.77. The molecule has 7 heteroatoms. The molecule has 1 unspecified atom stereocenters. The first-order valence-electron chi connectivity index (χ1n) is 9.89. The van der Waals surface area contributed by atoms with Gasteiger partial charge in [-0.05, 0) is 48.9 Å². The molecule has 0 radical (unpaired) electrons. The summed E-state index contributed by atoms with van der Waals surface area (Å²) in [7, 11) is 1.53. The van der Waals surface area contributed by atoms with E-state index in [-0.39, 0.29) is 11.2 Å². The predicted molar refractivity (Wildman–Crippen MR) is 128 cm³/mol. The van der Waals surface area contributed by atoms with Crippen molar-refractivity contribution in [2.75, 3.05) is 12.0 Å². The minimum atomic E-state index is -0.651. The summed E-state index contributed by atoms with van der Waals surface area (Å²) in [5, 5.41) is 0.780. The largest absolute Gasteiger partial charge is 0.495 e. The number of benzene rings is 3. The van der Waals surface area contributed by atoms with Crippen LogP contribution in [0, 0.1) is 6.92 Å². The Kier molecular flexibility index (Phi) is 5.07. The molecule has 1 amide bonds. The standard InChI is InChI=1S/C25H17BrClNO4/c1-13-3-5-14(6-4-13)22-21-23(29)17-11-15(26)7-9-19(17)32-24(21)25(30)28(22)16-8-10-20(31-2)18(27)12-16/h3-12,22H,1-2H3. The van der Waals surface area contributed by atoms with Crippen molar-refractivity contribution in [3.63, 3.8) is 0 Å². The number of carbonyl (C=O) groups is 1. The maximum atomic E-state index is 13.6. The van der Waals surface area contributed by atoms with E-state index in [2.05, 4.69) is 15.9 Å². The van der Waals surface area contributed by atoms with E-state index >= 15 is 0 Å². The van der Waals surface area contributed by atoms with Crippen LogP contribution in [0.3, 0.4) is 0 Å². The van der Waals surface area contributed by atoms with E-state index in [0.29, 0.717) is 33.0 Å². The summed E-state index contributed by atoms with van der Waals surface area (Å²) in [6.07, 6.45) is 0. The Bertz CT molecular complexity index is 1450. The molecule has 0 saturated heterocycles. The Morgan fingerprint density at radius 3 is 2.47 bits per heavy atom. The smallest absolute Gasteiger partial charge is 0.295 e. The molecule has 1 aliphatic rings. The molecule has 5 rings (SSSR count). The van der Waals surface area contributed by atoms with Gasteiger partial charge in [-0.3, -0.25) is 14.5 Å². The van der Waals surface area contributed by atoms with Crippen LogP contribution < -0.4 is 15.1 Å². The van der Waals surface area contributed by atoms with Gasteiger partial charge in [0.1, 0.15) is 11.3 Å². The summed E-state index contributed by atoms with van der Waals surface area (Å²) in [5.41, 5.74) is 2.87. The Balaban J connectivity index is 1.80. The van der Waals surface area contributed by atoms with Crippen LogP contribution in [-0.2, 0) is 0 Å². The van der Waals surface area contributed by atoms with Crippen LogP contribution in [0.15, 0.2) is 74.3 Å². The van der Waals surface area contributed by atoms with Gasteiger partial charge in [0.25, 0.3) is 5.91 Å². The minimum absolute atomic E-state index is 0.0438. The topological polar surface area (TPSA) is 59.8 Å². The Morgan fingerprint density at radius 1 is 1.03 bits per heavy atom. The summed E-state index contributed by atoms with van der Waals surface area (Å²) in [6, 6.07) is 17.4. The zero-order chi connectivity index (χ0) is 22.6. The third-order valence-corrected chi connectivity index (χ3v) is 6.43. The minimum Gasteiger partial charge on any atom is -0.495 e. The number of anilines is 1. The first-order valence-corrected chi connectivity index (χ1v) is 11.1. The van der Waals surface area contributed by atoms with Crippen LogP contribution in [0.1, 0.15) is 33.3 Å². The number of hydrogen-bond donors (Lipinski definition) is 0. The van der Waals surface area contributed by atoms with Crippen molar-refractivity contribution in [3.05, 3.63) is 103 Å². The van der Waals surface area contributed by atoms with Crippen molar-refractivity contribution in [2.45, 2.75) is 13.0 Å². The highest BCUT2D eigenvalue weighted by Gasteiger charge is 2.43. The molecule has 4 aromatic rings. The molecule has 2 heterocycles. The highest BCUT2D eigenvalue weighted by atomic mass is 79.9. The van der Waals surface area contributed by atoms with Gasteiger partial charge in [-0.2, -0.15) is 0 Å². The van der Waals surface area contributed by atoms with E-state index in [9.17, 15) is 9.59 Å². The molecule has 5 nitrogen and oxygen atoms in total. The summed E-state index contributed by atoms with van der Waals surface area (Å²) < 4.78 is 12.0. The lowest BCUT2D eigenvalue weighted by atomic mass is 9.97. The molecule has 1 atom stereocenters. The van der Waals surface area contributed by atoms with Gasteiger partial charge in [-0.15, -0.1) is 0 Å². The lowest BCUT2D eigenvalue weighted by Gasteiger charge is -2.25. The van der Waals surface area contributed by atoms with Crippen LogP contribution in [0.25, 0.3) is 11.0 Å². The third kappa shape index (κ3) is 3.22. The van der Waals surface area contributed by atoms with E-state index in [1.165, 1.54) is 7.11 Å². The number of methoxy groups -OCH3 is 1. The molecule has 0 N–H and O–H groups in total. The average molecular weight is 511 g/mol. The van der Waals surface area contributed by atoms with Crippen molar-refractivity contribution in [2.24, 2.45) is 0 Å². The van der Waals surface area contributed by atoms with E-state index in [1.54, 1.807) is 41.3 Å². The molecule has 160 valence electrons. The van der Waals surface area contributed by atoms with Gasteiger partial charge in [0.05, 0.1) is 29.1 Å². The third-order valence-electron chi connectivity index (χ3n) is 5.64. The molecule has 0 bridgehead atoms. The van der Waals surface area contributed by atoms with Gasteiger partial charge >= 0.3 is 0 Å². The molecule has 1 aromatic heterocycles. The zero-order valence-electron chi connectivity index (χ0n) is 17.2. The number of carbonyl (C=O) groups excluding carboxylic acids is 1. The Morgan fingerprint density at radius 2 is 1.78 bits per heavy atom. The van der Waals surface area contributed by atoms with E-state index in [1.807, 2.05) is 31.2 Å². The van der Waals surface area contributed by atoms with Crippen molar-refractivity contribution in [1.29, 1.82) is 0 Å². The number of ether oxygens (including phenoxy) is 1. The monoisotopic (exact) mass is 509 g/mol. The zero-order valence-corrected chi connectivity index (χ0v) is 19.5. The fraction of sp³-hybridized carbons (Fsp3) is 0.120. The van der Waals surface area contributed by atoms with Crippen molar-refractivity contribution < 1.29 is 13.9 Å². The second-order valence-electron chi connectivity index (χ2n) is 7.62. The van der Waals surface area contributed by atoms with E-state index in [0.717, 1.165) is 15.6 Å². The lowest BCUT2D eigenvalue weighted by molar-refractivity contribution is 0.0971. The van der Waals surface area contributed by atoms with Crippen LogP contribution in [-0.4, -0.2) is 13.0 Å². The fourth-order valence-corrected chi connectivity index (χ4v) is 4.69. The number of hydrogen-bond acceptors (Lipinski definition) is 4. The normalized spacial score (nSPS) is 15.3. The number of nitrogens with zero attached hydrogens (tertiary/aromatic N) is 1. The predicted octanol–water partition coefficient (Wildman–Crippen LogP) is 6.28. The van der Waals surface area contributed by atoms with Crippen LogP contribution in [0.4, 0.5) is 5.69 Å². The Hall–Kier alpha value is -3.09. The second kappa shape index (κ2) is 7.80. The highest BCUT2D eigenvalue weighted by molar-refractivity contribution is 9.10. The first kappa shape index (κ1) is 20.8. The molecule has 0 fully saturated rings.